The number of benzene rings is 1. The van der Waals surface area contributed by atoms with E-state index in [2.05, 4.69) is 4.74 Å². The molecule has 3 nitrogen and oxygen atoms in total. The van der Waals surface area contributed by atoms with Crippen molar-refractivity contribution in [2.45, 2.75) is 12.3 Å². The third kappa shape index (κ3) is 3.05. The molecular weight excluding hydrogens is 251 g/mol. The Labute approximate surface area is 91.4 Å². The third-order valence-electron chi connectivity index (χ3n) is 1.68. The second-order valence-corrected chi connectivity index (χ2v) is 2.92. The van der Waals surface area contributed by atoms with E-state index in [0.717, 1.165) is 12.1 Å². The molecule has 0 amide bonds. The minimum absolute atomic E-state index is 0.507. The van der Waals surface area contributed by atoms with Crippen LogP contribution in [-0.4, -0.2) is 17.2 Å². The summed E-state index contributed by atoms with van der Waals surface area (Å²) in [5, 5.41) is 8.04. The van der Waals surface area contributed by atoms with Crippen molar-refractivity contribution in [3.8, 4) is 5.75 Å². The van der Waals surface area contributed by atoms with Crippen molar-refractivity contribution in [3.05, 3.63) is 29.8 Å². The zero-order valence-electron chi connectivity index (χ0n) is 7.96. The van der Waals surface area contributed by atoms with Crippen molar-refractivity contribution in [2.75, 3.05) is 0 Å². The van der Waals surface area contributed by atoms with Crippen molar-refractivity contribution in [1.29, 1.82) is 0 Å². The number of halogens is 5. The standard InChI is InChI=1S/C9H5F5O3/c10-8(11,12)5-3-1-2-4-6(5)17-9(13,14)7(15)16/h1-4H,(H,15,16). The molecule has 0 aliphatic carbocycles. The van der Waals surface area contributed by atoms with Crippen LogP contribution in [0, 0.1) is 0 Å². The number of aliphatic carboxylic acids is 1. The predicted molar refractivity (Wildman–Crippen MR) is 44.7 cm³/mol. The largest absolute Gasteiger partial charge is 0.501 e. The Kier molecular flexibility index (Phi) is 3.25. The lowest BCUT2D eigenvalue weighted by atomic mass is 10.2. The molecule has 0 aromatic heterocycles. The highest BCUT2D eigenvalue weighted by Crippen LogP contribution is 2.37. The summed E-state index contributed by atoms with van der Waals surface area (Å²) in [5.74, 6) is -3.91. The van der Waals surface area contributed by atoms with Gasteiger partial charge in [-0.15, -0.1) is 0 Å². The average molecular weight is 256 g/mol. The maximum atomic E-state index is 12.6. The Hall–Kier alpha value is -1.86. The van der Waals surface area contributed by atoms with Crippen molar-refractivity contribution in [1.82, 2.24) is 0 Å². The number of carboxylic acid groups (broad SMARTS) is 1. The fourth-order valence-corrected chi connectivity index (χ4v) is 0.972. The molecule has 8 heteroatoms. The van der Waals surface area contributed by atoms with Crippen molar-refractivity contribution in [2.24, 2.45) is 0 Å². The van der Waals surface area contributed by atoms with Crippen LogP contribution < -0.4 is 4.74 Å². The molecular formula is C9H5F5O3. The summed E-state index contributed by atoms with van der Waals surface area (Å²) in [6.07, 6.45) is -9.63. The highest BCUT2D eigenvalue weighted by Gasteiger charge is 2.45. The molecule has 0 saturated carbocycles. The number of para-hydroxylation sites is 1. The van der Waals surface area contributed by atoms with Crippen molar-refractivity contribution < 1.29 is 36.6 Å². The molecule has 0 bridgehead atoms. The smallest absolute Gasteiger partial charge is 0.474 e. The van der Waals surface area contributed by atoms with Gasteiger partial charge >= 0.3 is 18.3 Å². The maximum absolute atomic E-state index is 12.6. The summed E-state index contributed by atoms with van der Waals surface area (Å²) in [6, 6.07) is 3.10. The van der Waals surface area contributed by atoms with E-state index < -0.39 is 29.6 Å². The highest BCUT2D eigenvalue weighted by atomic mass is 19.4. The van der Waals surface area contributed by atoms with Gasteiger partial charge in [-0.3, -0.25) is 0 Å². The summed E-state index contributed by atoms with van der Waals surface area (Å²) in [4.78, 5) is 10.0. The predicted octanol–water partition coefficient (Wildman–Crippen LogP) is 2.76. The number of carboxylic acids is 1. The first-order valence-electron chi connectivity index (χ1n) is 4.11. The first-order chi connectivity index (χ1) is 7.64. The molecule has 0 aliphatic heterocycles. The monoisotopic (exact) mass is 256 g/mol. The summed E-state index contributed by atoms with van der Waals surface area (Å²) in [6.45, 7) is 0. The molecule has 0 unspecified atom stereocenters. The van der Waals surface area contributed by atoms with Gasteiger partial charge in [0.05, 0.1) is 5.56 Å². The van der Waals surface area contributed by atoms with Gasteiger partial charge in [-0.2, -0.15) is 22.0 Å². The molecule has 0 heterocycles. The summed E-state index contributed by atoms with van der Waals surface area (Å²) in [5.41, 5.74) is -1.47. The van der Waals surface area contributed by atoms with Gasteiger partial charge in [-0.1, -0.05) is 12.1 Å². The van der Waals surface area contributed by atoms with Gasteiger partial charge in [0, 0.05) is 0 Å². The lowest BCUT2D eigenvalue weighted by molar-refractivity contribution is -0.213. The molecule has 1 N–H and O–H groups in total. The molecule has 0 aliphatic rings. The minimum atomic E-state index is -4.91. The molecule has 0 atom stereocenters. The quantitative estimate of drug-likeness (QED) is 0.846. The number of hydrogen-bond acceptors (Lipinski definition) is 2. The summed E-state index contributed by atoms with van der Waals surface area (Å²) in [7, 11) is 0. The lowest BCUT2D eigenvalue weighted by Crippen LogP contribution is -2.35. The Morgan fingerprint density at radius 2 is 1.65 bits per heavy atom. The number of alkyl halides is 5. The van der Waals surface area contributed by atoms with E-state index in [4.69, 9.17) is 5.11 Å². The number of rotatable bonds is 3. The highest BCUT2D eigenvalue weighted by molar-refractivity contribution is 5.74. The fraction of sp³-hybridized carbons (Fsp3) is 0.222. The van der Waals surface area contributed by atoms with Crippen LogP contribution >= 0.6 is 0 Å². The van der Waals surface area contributed by atoms with Gasteiger partial charge < -0.3 is 9.84 Å². The first kappa shape index (κ1) is 13.2. The molecule has 17 heavy (non-hydrogen) atoms. The Balaban J connectivity index is 3.12. The topological polar surface area (TPSA) is 46.5 Å². The number of ether oxygens (including phenoxy) is 1. The molecule has 1 rings (SSSR count). The van der Waals surface area contributed by atoms with Crippen LogP contribution in [0.2, 0.25) is 0 Å². The Morgan fingerprint density at radius 3 is 2.12 bits per heavy atom. The van der Waals surface area contributed by atoms with Gasteiger partial charge in [-0.25, -0.2) is 4.79 Å². The number of carbonyl (C=O) groups is 1. The Bertz CT molecular complexity index is 427. The van der Waals surface area contributed by atoms with Crippen LogP contribution in [0.4, 0.5) is 22.0 Å². The van der Waals surface area contributed by atoms with Crippen LogP contribution in [0.5, 0.6) is 5.75 Å². The second-order valence-electron chi connectivity index (χ2n) is 2.92. The fourth-order valence-electron chi connectivity index (χ4n) is 0.972. The molecule has 1 aromatic carbocycles. The van der Waals surface area contributed by atoms with E-state index in [1.807, 2.05) is 0 Å². The second kappa shape index (κ2) is 4.19. The minimum Gasteiger partial charge on any atom is -0.474 e. The van der Waals surface area contributed by atoms with Crippen LogP contribution in [0.25, 0.3) is 0 Å². The normalized spacial score (nSPS) is 12.3. The third-order valence-corrected chi connectivity index (χ3v) is 1.68. The van der Waals surface area contributed by atoms with Gasteiger partial charge in [0.1, 0.15) is 5.75 Å². The molecule has 94 valence electrons. The molecule has 0 spiro atoms. The van der Waals surface area contributed by atoms with E-state index in [1.165, 1.54) is 0 Å². The van der Waals surface area contributed by atoms with E-state index >= 15 is 0 Å². The van der Waals surface area contributed by atoms with Gasteiger partial charge in [0.15, 0.2) is 0 Å². The van der Waals surface area contributed by atoms with Crippen molar-refractivity contribution >= 4 is 5.97 Å². The van der Waals surface area contributed by atoms with Crippen molar-refractivity contribution in [3.63, 3.8) is 0 Å². The molecule has 0 fully saturated rings. The zero-order chi connectivity index (χ0) is 13.3. The van der Waals surface area contributed by atoms with E-state index in [1.54, 1.807) is 0 Å². The molecule has 0 saturated heterocycles. The van der Waals surface area contributed by atoms with Gasteiger partial charge in [0.25, 0.3) is 0 Å². The SMILES string of the molecule is O=C(O)C(F)(F)Oc1ccccc1C(F)(F)F. The van der Waals surface area contributed by atoms with Crippen LogP contribution in [-0.2, 0) is 11.0 Å². The average Bonchev–Trinajstić information content (AvgIpc) is 2.15. The van der Waals surface area contributed by atoms with Crippen LogP contribution in [0.15, 0.2) is 24.3 Å². The Morgan fingerprint density at radius 1 is 1.12 bits per heavy atom. The first-order valence-corrected chi connectivity index (χ1v) is 4.11. The van der Waals surface area contributed by atoms with Crippen LogP contribution in [0.1, 0.15) is 5.56 Å². The maximum Gasteiger partial charge on any atom is 0.501 e. The van der Waals surface area contributed by atoms with Gasteiger partial charge in [-0.05, 0) is 12.1 Å². The van der Waals surface area contributed by atoms with E-state index in [0.29, 0.717) is 12.1 Å². The zero-order valence-corrected chi connectivity index (χ0v) is 7.96. The molecule has 0 radical (unpaired) electrons. The molecule has 1 aromatic rings. The lowest BCUT2D eigenvalue weighted by Gasteiger charge is -2.17. The summed E-state index contributed by atoms with van der Waals surface area (Å²) < 4.78 is 65.8. The van der Waals surface area contributed by atoms with Gasteiger partial charge in [0.2, 0.25) is 0 Å². The van der Waals surface area contributed by atoms with E-state index in [9.17, 15) is 26.7 Å². The van der Waals surface area contributed by atoms with Crippen LogP contribution in [0.3, 0.4) is 0 Å². The number of hydrogen-bond donors (Lipinski definition) is 1. The van der Waals surface area contributed by atoms with E-state index in [-0.39, 0.29) is 0 Å². The summed E-state index contributed by atoms with van der Waals surface area (Å²) >= 11 is 0.